The predicted octanol–water partition coefficient (Wildman–Crippen LogP) is 5.06. The molecule has 3 heteroatoms. The van der Waals surface area contributed by atoms with Gasteiger partial charge in [-0.25, -0.2) is 0 Å². The summed E-state index contributed by atoms with van der Waals surface area (Å²) in [4.78, 5) is 13.3. The van der Waals surface area contributed by atoms with Gasteiger partial charge in [0.1, 0.15) is 0 Å². The summed E-state index contributed by atoms with van der Waals surface area (Å²) in [7, 11) is 1.85. The van der Waals surface area contributed by atoms with Crippen LogP contribution in [0.2, 0.25) is 0 Å². The van der Waals surface area contributed by atoms with Crippen LogP contribution in [0.15, 0.2) is 11.6 Å². The number of ketones is 1. The fourth-order valence-corrected chi connectivity index (χ4v) is 8.68. The molecule has 0 bridgehead atoms. The Kier molecular flexibility index (Phi) is 4.42. The topological polar surface area (TPSA) is 46.5 Å². The molecule has 1 N–H and O–H groups in total. The first-order chi connectivity index (χ1) is 13.3. The van der Waals surface area contributed by atoms with E-state index in [1.165, 1.54) is 50.5 Å². The highest BCUT2D eigenvalue weighted by molar-refractivity contribution is 5.94. The number of fused-ring (bicyclic) bond motifs is 5. The van der Waals surface area contributed by atoms with Gasteiger partial charge in [-0.05, 0) is 80.1 Å². The van der Waals surface area contributed by atoms with Gasteiger partial charge in [0.15, 0.2) is 5.78 Å². The summed E-state index contributed by atoms with van der Waals surface area (Å²) in [6.07, 6.45) is 14.1. The minimum atomic E-state index is -0.373. The molecule has 0 aromatic rings. The predicted molar refractivity (Wildman–Crippen MR) is 110 cm³/mol. The zero-order valence-corrected chi connectivity index (χ0v) is 18.0. The number of methoxy groups -OCH3 is 1. The highest BCUT2D eigenvalue weighted by Gasteiger charge is 2.61. The van der Waals surface area contributed by atoms with Crippen molar-refractivity contribution < 1.29 is 14.6 Å². The number of hydrogen-bond acceptors (Lipinski definition) is 3. The Morgan fingerprint density at radius 3 is 2.46 bits per heavy atom. The molecule has 4 fully saturated rings. The number of aliphatic hydroxyl groups excluding tert-OH is 1. The van der Waals surface area contributed by atoms with Gasteiger partial charge in [0.05, 0.1) is 11.7 Å². The van der Waals surface area contributed by atoms with E-state index in [0.717, 1.165) is 19.3 Å². The second kappa shape index (κ2) is 6.41. The van der Waals surface area contributed by atoms with Crippen LogP contribution in [0.3, 0.4) is 0 Å². The van der Waals surface area contributed by atoms with Crippen molar-refractivity contribution in [3.63, 3.8) is 0 Å². The van der Waals surface area contributed by atoms with Gasteiger partial charge in [0, 0.05) is 18.9 Å². The summed E-state index contributed by atoms with van der Waals surface area (Å²) in [5, 5.41) is 11.1. The lowest BCUT2D eigenvalue weighted by Crippen LogP contribution is -2.57. The van der Waals surface area contributed by atoms with Crippen molar-refractivity contribution in [1.82, 2.24) is 0 Å². The highest BCUT2D eigenvalue weighted by atomic mass is 16.5. The smallest absolute Gasteiger partial charge is 0.159 e. The second-order valence-corrected chi connectivity index (χ2v) is 11.4. The van der Waals surface area contributed by atoms with Crippen molar-refractivity contribution in [1.29, 1.82) is 0 Å². The minimum Gasteiger partial charge on any atom is -0.392 e. The van der Waals surface area contributed by atoms with Gasteiger partial charge in [-0.3, -0.25) is 4.79 Å². The summed E-state index contributed by atoms with van der Waals surface area (Å²) in [5.74, 6) is 1.83. The van der Waals surface area contributed by atoms with Crippen LogP contribution in [0.5, 0.6) is 0 Å². The zero-order chi connectivity index (χ0) is 19.7. The first-order valence-corrected chi connectivity index (χ1v) is 11.8. The molecular formula is C25H38O3. The van der Waals surface area contributed by atoms with Gasteiger partial charge in [0.2, 0.25) is 0 Å². The molecule has 0 aliphatic heterocycles. The first kappa shape index (κ1) is 19.3. The molecule has 0 aromatic heterocycles. The lowest BCUT2D eigenvalue weighted by molar-refractivity contribution is -0.146. The third kappa shape index (κ3) is 2.51. The van der Waals surface area contributed by atoms with Gasteiger partial charge in [-0.15, -0.1) is 0 Å². The molecule has 7 atom stereocenters. The Balaban J connectivity index is 1.52. The highest BCUT2D eigenvalue weighted by Crippen LogP contribution is 2.65. The third-order valence-electron chi connectivity index (χ3n) is 10.3. The SMILES string of the molecule is COC1(C2C[C@@]3(C)C(=CC(=O)[C@@H]4[C@H]3CC[C@]3(C)CCC[C@@H]43)CC2O)CCCC1. The molecule has 0 heterocycles. The van der Waals surface area contributed by atoms with Crippen molar-refractivity contribution >= 4 is 5.78 Å². The molecule has 5 aliphatic carbocycles. The van der Waals surface area contributed by atoms with Crippen molar-refractivity contribution in [2.24, 2.45) is 34.5 Å². The van der Waals surface area contributed by atoms with E-state index < -0.39 is 0 Å². The minimum absolute atomic E-state index is 0.0561. The number of carbonyl (C=O) groups excluding carboxylic acids is 1. The van der Waals surface area contributed by atoms with E-state index >= 15 is 0 Å². The van der Waals surface area contributed by atoms with Crippen LogP contribution in [0.1, 0.15) is 84.5 Å². The van der Waals surface area contributed by atoms with Crippen LogP contribution in [-0.4, -0.2) is 29.7 Å². The maximum absolute atomic E-state index is 13.3. The number of hydrogen-bond donors (Lipinski definition) is 1. The lowest BCUT2D eigenvalue weighted by Gasteiger charge is -2.59. The molecule has 0 saturated heterocycles. The summed E-state index contributed by atoms with van der Waals surface area (Å²) in [6, 6.07) is 0. The summed E-state index contributed by atoms with van der Waals surface area (Å²) >= 11 is 0. The molecule has 2 unspecified atom stereocenters. The summed E-state index contributed by atoms with van der Waals surface area (Å²) in [6.45, 7) is 4.87. The molecule has 3 nitrogen and oxygen atoms in total. The van der Waals surface area contributed by atoms with Crippen LogP contribution in [0.25, 0.3) is 0 Å². The number of carbonyl (C=O) groups is 1. The fraction of sp³-hybridized carbons (Fsp3) is 0.880. The molecule has 0 radical (unpaired) electrons. The zero-order valence-electron chi connectivity index (χ0n) is 18.0. The van der Waals surface area contributed by atoms with Crippen LogP contribution in [-0.2, 0) is 9.53 Å². The lowest BCUT2D eigenvalue weighted by atomic mass is 9.46. The Hall–Kier alpha value is -0.670. The van der Waals surface area contributed by atoms with Gasteiger partial charge < -0.3 is 9.84 Å². The van der Waals surface area contributed by atoms with E-state index in [9.17, 15) is 9.90 Å². The molecule has 28 heavy (non-hydrogen) atoms. The van der Waals surface area contributed by atoms with Gasteiger partial charge >= 0.3 is 0 Å². The molecule has 0 spiro atoms. The Labute approximate surface area is 170 Å². The largest absolute Gasteiger partial charge is 0.392 e. The number of ether oxygens (including phenoxy) is 1. The molecule has 4 saturated carbocycles. The molecule has 0 amide bonds. The van der Waals surface area contributed by atoms with E-state index in [1.807, 2.05) is 13.2 Å². The first-order valence-electron chi connectivity index (χ1n) is 11.8. The van der Waals surface area contributed by atoms with Crippen LogP contribution >= 0.6 is 0 Å². The molecular weight excluding hydrogens is 348 g/mol. The maximum atomic E-state index is 13.3. The average molecular weight is 387 g/mol. The Morgan fingerprint density at radius 1 is 1.00 bits per heavy atom. The van der Waals surface area contributed by atoms with Crippen LogP contribution in [0.4, 0.5) is 0 Å². The second-order valence-electron chi connectivity index (χ2n) is 11.4. The van der Waals surface area contributed by atoms with Crippen molar-refractivity contribution in [2.45, 2.75) is 96.2 Å². The summed E-state index contributed by atoms with van der Waals surface area (Å²) < 4.78 is 6.13. The van der Waals surface area contributed by atoms with Crippen molar-refractivity contribution in [3.05, 3.63) is 11.6 Å². The van der Waals surface area contributed by atoms with Crippen LogP contribution in [0, 0.1) is 34.5 Å². The van der Waals surface area contributed by atoms with E-state index in [1.54, 1.807) is 0 Å². The van der Waals surface area contributed by atoms with Gasteiger partial charge in [-0.2, -0.15) is 0 Å². The maximum Gasteiger partial charge on any atom is 0.159 e. The monoisotopic (exact) mass is 386 g/mol. The molecule has 0 aromatic carbocycles. The van der Waals surface area contributed by atoms with Gasteiger partial charge in [0.25, 0.3) is 0 Å². The van der Waals surface area contributed by atoms with E-state index in [2.05, 4.69) is 13.8 Å². The van der Waals surface area contributed by atoms with Gasteiger partial charge in [-0.1, -0.05) is 38.7 Å². The number of rotatable bonds is 2. The molecule has 156 valence electrons. The Bertz CT molecular complexity index is 690. The van der Waals surface area contributed by atoms with E-state index in [0.29, 0.717) is 29.5 Å². The normalized spacial score (nSPS) is 49.9. The summed E-state index contributed by atoms with van der Waals surface area (Å²) in [5.41, 5.74) is 1.53. The number of allylic oxidation sites excluding steroid dienone is 1. The average Bonchev–Trinajstić information content (AvgIpc) is 3.29. The van der Waals surface area contributed by atoms with E-state index in [4.69, 9.17) is 4.74 Å². The standard InChI is InChI=1S/C25H38O3/c1-23-9-6-7-17(23)22-18(8-12-23)24(2)15-19(25(28-3)10-4-5-11-25)20(26)13-16(24)14-21(22)27/h14,17-20,22,26H,4-13,15H2,1-3H3/t17-,18+,19?,20?,22-,23-,24-/m0/s1. The molecule has 5 aliphatic rings. The van der Waals surface area contributed by atoms with Crippen LogP contribution < -0.4 is 0 Å². The third-order valence-corrected chi connectivity index (χ3v) is 10.3. The van der Waals surface area contributed by atoms with E-state index in [-0.39, 0.29) is 29.0 Å². The quantitative estimate of drug-likeness (QED) is 0.721. The molecule has 5 rings (SSSR count). The van der Waals surface area contributed by atoms with Crippen molar-refractivity contribution in [2.75, 3.05) is 7.11 Å². The fourth-order valence-electron chi connectivity index (χ4n) is 8.68. The number of aliphatic hydroxyl groups is 1. The van der Waals surface area contributed by atoms with Crippen molar-refractivity contribution in [3.8, 4) is 0 Å². The Morgan fingerprint density at radius 2 is 1.75 bits per heavy atom.